The van der Waals surface area contributed by atoms with E-state index in [1.807, 2.05) is 12.1 Å². The van der Waals surface area contributed by atoms with E-state index in [0.29, 0.717) is 12.2 Å². The SMILES string of the molecule is CCCN(CC)CCOc1ccc(/C(N)=N/O)cc1. The molecule has 5 heteroatoms. The van der Waals surface area contributed by atoms with Crippen molar-refractivity contribution in [3.8, 4) is 5.75 Å². The number of oxime groups is 1. The van der Waals surface area contributed by atoms with E-state index < -0.39 is 0 Å². The number of benzene rings is 1. The zero-order chi connectivity index (χ0) is 14.1. The third kappa shape index (κ3) is 5.18. The molecular weight excluding hydrogens is 242 g/mol. The molecule has 0 radical (unpaired) electrons. The standard InChI is InChI=1S/C14H23N3O2/c1-3-9-17(4-2)10-11-19-13-7-5-12(6-8-13)14(15)16-18/h5-8,18H,3-4,9-11H2,1-2H3,(H2,15,16). The second-order valence-corrected chi connectivity index (χ2v) is 4.29. The first kappa shape index (κ1) is 15.3. The number of amidine groups is 1. The average molecular weight is 265 g/mol. The van der Waals surface area contributed by atoms with E-state index >= 15 is 0 Å². The lowest BCUT2D eigenvalue weighted by Crippen LogP contribution is -2.29. The Kier molecular flexibility index (Phi) is 6.74. The van der Waals surface area contributed by atoms with Gasteiger partial charge >= 0.3 is 0 Å². The van der Waals surface area contributed by atoms with Crippen LogP contribution in [0.4, 0.5) is 0 Å². The van der Waals surface area contributed by atoms with Gasteiger partial charge in [-0.2, -0.15) is 0 Å². The molecule has 5 nitrogen and oxygen atoms in total. The van der Waals surface area contributed by atoms with Gasteiger partial charge in [0.05, 0.1) is 0 Å². The first-order chi connectivity index (χ1) is 9.21. The molecule has 0 saturated carbocycles. The second kappa shape index (κ2) is 8.37. The predicted octanol–water partition coefficient (Wildman–Crippen LogP) is 1.89. The van der Waals surface area contributed by atoms with Gasteiger partial charge in [-0.05, 0) is 43.8 Å². The van der Waals surface area contributed by atoms with Gasteiger partial charge < -0.3 is 20.6 Å². The number of likely N-dealkylation sites (N-methyl/N-ethyl adjacent to an activating group) is 1. The van der Waals surface area contributed by atoms with E-state index in [-0.39, 0.29) is 5.84 Å². The van der Waals surface area contributed by atoms with Crippen LogP contribution < -0.4 is 10.5 Å². The Balaban J connectivity index is 2.41. The van der Waals surface area contributed by atoms with Gasteiger partial charge in [0.1, 0.15) is 12.4 Å². The molecule has 0 fully saturated rings. The highest BCUT2D eigenvalue weighted by Crippen LogP contribution is 2.12. The Morgan fingerprint density at radius 3 is 2.47 bits per heavy atom. The normalized spacial score (nSPS) is 11.8. The first-order valence-electron chi connectivity index (χ1n) is 6.64. The molecule has 0 amide bonds. The van der Waals surface area contributed by atoms with Gasteiger partial charge in [0.2, 0.25) is 0 Å². The van der Waals surface area contributed by atoms with Crippen LogP contribution in [0, 0.1) is 0 Å². The van der Waals surface area contributed by atoms with E-state index in [4.69, 9.17) is 15.7 Å². The summed E-state index contributed by atoms with van der Waals surface area (Å²) in [6, 6.07) is 7.19. The molecule has 0 bridgehead atoms. The fourth-order valence-electron chi connectivity index (χ4n) is 1.82. The summed E-state index contributed by atoms with van der Waals surface area (Å²) in [5, 5.41) is 11.5. The molecule has 0 heterocycles. The number of hydrogen-bond acceptors (Lipinski definition) is 4. The van der Waals surface area contributed by atoms with Crippen LogP contribution in [-0.2, 0) is 0 Å². The molecule has 0 unspecified atom stereocenters. The van der Waals surface area contributed by atoms with Crippen LogP contribution in [0.25, 0.3) is 0 Å². The van der Waals surface area contributed by atoms with E-state index in [1.165, 1.54) is 0 Å². The van der Waals surface area contributed by atoms with Crippen LogP contribution in [0.1, 0.15) is 25.8 Å². The van der Waals surface area contributed by atoms with E-state index in [1.54, 1.807) is 12.1 Å². The Morgan fingerprint density at radius 2 is 1.95 bits per heavy atom. The molecule has 0 aliphatic rings. The number of rotatable bonds is 8. The molecular formula is C14H23N3O2. The molecule has 19 heavy (non-hydrogen) atoms. The average Bonchev–Trinajstić information content (AvgIpc) is 2.46. The summed E-state index contributed by atoms with van der Waals surface area (Å²) in [5.41, 5.74) is 6.16. The van der Waals surface area contributed by atoms with Crippen molar-refractivity contribution < 1.29 is 9.94 Å². The topological polar surface area (TPSA) is 71.1 Å². The fraction of sp³-hybridized carbons (Fsp3) is 0.500. The van der Waals surface area contributed by atoms with Crippen molar-refractivity contribution in [2.45, 2.75) is 20.3 Å². The minimum atomic E-state index is 0.103. The summed E-state index contributed by atoms with van der Waals surface area (Å²) in [7, 11) is 0. The van der Waals surface area contributed by atoms with Gasteiger partial charge in [0.15, 0.2) is 5.84 Å². The van der Waals surface area contributed by atoms with Crippen molar-refractivity contribution in [3.63, 3.8) is 0 Å². The monoisotopic (exact) mass is 265 g/mol. The Hall–Kier alpha value is -1.75. The van der Waals surface area contributed by atoms with Gasteiger partial charge in [-0.1, -0.05) is 19.0 Å². The van der Waals surface area contributed by atoms with Crippen molar-refractivity contribution in [2.75, 3.05) is 26.2 Å². The minimum absolute atomic E-state index is 0.103. The molecule has 1 aromatic carbocycles. The highest BCUT2D eigenvalue weighted by Gasteiger charge is 2.02. The molecule has 106 valence electrons. The van der Waals surface area contributed by atoms with Gasteiger partial charge in [0, 0.05) is 12.1 Å². The van der Waals surface area contributed by atoms with Gasteiger partial charge in [-0.3, -0.25) is 0 Å². The maximum absolute atomic E-state index is 8.56. The minimum Gasteiger partial charge on any atom is -0.492 e. The molecule has 0 spiro atoms. The summed E-state index contributed by atoms with van der Waals surface area (Å²) in [5.74, 6) is 0.897. The summed E-state index contributed by atoms with van der Waals surface area (Å²) >= 11 is 0. The van der Waals surface area contributed by atoms with Crippen molar-refractivity contribution in [2.24, 2.45) is 10.9 Å². The predicted molar refractivity (Wildman–Crippen MR) is 76.9 cm³/mol. The first-order valence-corrected chi connectivity index (χ1v) is 6.64. The summed E-state index contributed by atoms with van der Waals surface area (Å²) in [6.07, 6.45) is 1.16. The fourth-order valence-corrected chi connectivity index (χ4v) is 1.82. The third-order valence-electron chi connectivity index (χ3n) is 2.92. The van der Waals surface area contributed by atoms with Crippen LogP contribution in [0.5, 0.6) is 5.75 Å². The zero-order valence-electron chi connectivity index (χ0n) is 11.7. The molecule has 3 N–H and O–H groups in total. The zero-order valence-corrected chi connectivity index (χ0v) is 11.7. The van der Waals surface area contributed by atoms with Crippen molar-refractivity contribution >= 4 is 5.84 Å². The summed E-state index contributed by atoms with van der Waals surface area (Å²) < 4.78 is 5.67. The quantitative estimate of drug-likeness (QED) is 0.326. The largest absolute Gasteiger partial charge is 0.492 e. The Labute approximate surface area is 114 Å². The molecule has 0 atom stereocenters. The summed E-state index contributed by atoms with van der Waals surface area (Å²) in [4.78, 5) is 2.35. The highest BCUT2D eigenvalue weighted by atomic mass is 16.5. The highest BCUT2D eigenvalue weighted by molar-refractivity contribution is 5.97. The van der Waals surface area contributed by atoms with Crippen LogP contribution in [0.3, 0.4) is 0 Å². The van der Waals surface area contributed by atoms with E-state index in [0.717, 1.165) is 31.8 Å². The van der Waals surface area contributed by atoms with Gasteiger partial charge in [-0.15, -0.1) is 0 Å². The van der Waals surface area contributed by atoms with E-state index in [9.17, 15) is 0 Å². The number of nitrogens with zero attached hydrogens (tertiary/aromatic N) is 2. The lowest BCUT2D eigenvalue weighted by Gasteiger charge is -2.19. The molecule has 0 aromatic heterocycles. The number of nitrogens with two attached hydrogens (primary N) is 1. The van der Waals surface area contributed by atoms with Crippen molar-refractivity contribution in [1.82, 2.24) is 4.90 Å². The lowest BCUT2D eigenvalue weighted by molar-refractivity contribution is 0.216. The number of ether oxygens (including phenoxy) is 1. The van der Waals surface area contributed by atoms with Crippen LogP contribution >= 0.6 is 0 Å². The Bertz CT molecular complexity index is 390. The summed E-state index contributed by atoms with van der Waals surface area (Å²) in [6.45, 7) is 8.06. The second-order valence-electron chi connectivity index (χ2n) is 4.29. The van der Waals surface area contributed by atoms with Crippen LogP contribution in [0.2, 0.25) is 0 Å². The molecule has 0 saturated heterocycles. The molecule has 0 aliphatic heterocycles. The Morgan fingerprint density at radius 1 is 1.26 bits per heavy atom. The van der Waals surface area contributed by atoms with Crippen LogP contribution in [0.15, 0.2) is 29.4 Å². The number of hydrogen-bond donors (Lipinski definition) is 2. The van der Waals surface area contributed by atoms with E-state index in [2.05, 4.69) is 23.9 Å². The molecule has 1 aromatic rings. The van der Waals surface area contributed by atoms with Crippen LogP contribution in [-0.4, -0.2) is 42.2 Å². The van der Waals surface area contributed by atoms with Crippen molar-refractivity contribution in [3.05, 3.63) is 29.8 Å². The van der Waals surface area contributed by atoms with Crippen molar-refractivity contribution in [1.29, 1.82) is 0 Å². The van der Waals surface area contributed by atoms with Gasteiger partial charge in [0.25, 0.3) is 0 Å². The van der Waals surface area contributed by atoms with Gasteiger partial charge in [-0.25, -0.2) is 0 Å². The lowest BCUT2D eigenvalue weighted by atomic mass is 10.2. The molecule has 1 rings (SSSR count). The maximum Gasteiger partial charge on any atom is 0.170 e. The smallest absolute Gasteiger partial charge is 0.170 e. The third-order valence-corrected chi connectivity index (χ3v) is 2.92. The molecule has 0 aliphatic carbocycles. The maximum atomic E-state index is 8.56.